The predicted octanol–water partition coefficient (Wildman–Crippen LogP) is 4.29. The molecule has 2 aromatic carbocycles. The number of sulfonamides is 1. The molecule has 2 aromatic rings. The van der Waals surface area contributed by atoms with Crippen LogP contribution in [0, 0.1) is 0 Å². The number of amides is 2. The maximum atomic E-state index is 13.4. The normalized spacial score (nSPS) is 14.9. The molecule has 178 valence electrons. The SMILES string of the molecule is COc1ccc(C(=O)Nc2ccccc2SC(=O)N(C)C)cc1S(=O)(=O)N1CCCCCC1. The number of rotatable bonds is 6. The summed E-state index contributed by atoms with van der Waals surface area (Å²) in [5.74, 6) is -0.279. The molecule has 0 aliphatic carbocycles. The number of nitrogens with one attached hydrogen (secondary N) is 1. The highest BCUT2D eigenvalue weighted by Gasteiger charge is 2.29. The number of carbonyl (C=O) groups is 2. The maximum absolute atomic E-state index is 13.4. The molecule has 10 heteroatoms. The van der Waals surface area contributed by atoms with E-state index in [-0.39, 0.29) is 21.4 Å². The number of nitrogens with zero attached hydrogens (tertiary/aromatic N) is 2. The monoisotopic (exact) mass is 491 g/mol. The Balaban J connectivity index is 1.89. The number of anilines is 1. The van der Waals surface area contributed by atoms with Crippen molar-refractivity contribution in [2.24, 2.45) is 0 Å². The lowest BCUT2D eigenvalue weighted by Crippen LogP contribution is -2.32. The molecule has 2 amide bonds. The van der Waals surface area contributed by atoms with Crippen molar-refractivity contribution >= 4 is 38.6 Å². The predicted molar refractivity (Wildman–Crippen MR) is 130 cm³/mol. The van der Waals surface area contributed by atoms with Crippen molar-refractivity contribution < 1.29 is 22.7 Å². The molecule has 1 heterocycles. The smallest absolute Gasteiger partial charge is 0.286 e. The van der Waals surface area contributed by atoms with Gasteiger partial charge in [-0.15, -0.1) is 0 Å². The Morgan fingerprint density at radius 1 is 1.03 bits per heavy atom. The first-order chi connectivity index (χ1) is 15.7. The highest BCUT2D eigenvalue weighted by molar-refractivity contribution is 8.13. The van der Waals surface area contributed by atoms with Gasteiger partial charge in [-0.3, -0.25) is 9.59 Å². The summed E-state index contributed by atoms with van der Waals surface area (Å²) >= 11 is 0.999. The van der Waals surface area contributed by atoms with Gasteiger partial charge < -0.3 is 15.0 Å². The Labute approximate surface area is 199 Å². The first kappa shape index (κ1) is 25.1. The van der Waals surface area contributed by atoms with Gasteiger partial charge in [0.15, 0.2) is 0 Å². The summed E-state index contributed by atoms with van der Waals surface area (Å²) in [6, 6.07) is 11.3. The van der Waals surface area contributed by atoms with Gasteiger partial charge in [0, 0.05) is 37.6 Å². The van der Waals surface area contributed by atoms with E-state index >= 15 is 0 Å². The third-order valence-corrected chi connectivity index (χ3v) is 8.34. The molecule has 1 saturated heterocycles. The quantitative estimate of drug-likeness (QED) is 0.606. The van der Waals surface area contributed by atoms with Crippen molar-refractivity contribution in [3.63, 3.8) is 0 Å². The number of carbonyl (C=O) groups excluding carboxylic acids is 2. The van der Waals surface area contributed by atoms with Gasteiger partial charge in [0.1, 0.15) is 10.6 Å². The number of ether oxygens (including phenoxy) is 1. The van der Waals surface area contributed by atoms with Crippen molar-refractivity contribution in [3.05, 3.63) is 48.0 Å². The first-order valence-electron chi connectivity index (χ1n) is 10.7. The maximum Gasteiger partial charge on any atom is 0.286 e. The molecule has 8 nitrogen and oxygen atoms in total. The fraction of sp³-hybridized carbons (Fsp3) is 0.391. The fourth-order valence-corrected chi connectivity index (χ4v) is 5.92. The second-order valence-corrected chi connectivity index (χ2v) is 10.8. The molecule has 33 heavy (non-hydrogen) atoms. The lowest BCUT2D eigenvalue weighted by molar-refractivity contribution is 0.102. The number of para-hydroxylation sites is 1. The zero-order valence-electron chi connectivity index (χ0n) is 19.0. The van der Waals surface area contributed by atoms with Gasteiger partial charge in [-0.2, -0.15) is 4.31 Å². The zero-order chi connectivity index (χ0) is 24.0. The number of methoxy groups -OCH3 is 1. The van der Waals surface area contributed by atoms with Gasteiger partial charge in [0.25, 0.3) is 11.1 Å². The van der Waals surface area contributed by atoms with Crippen LogP contribution in [0.2, 0.25) is 0 Å². The molecule has 0 bridgehead atoms. The van der Waals surface area contributed by atoms with Gasteiger partial charge in [-0.05, 0) is 54.9 Å². The van der Waals surface area contributed by atoms with E-state index in [9.17, 15) is 18.0 Å². The lowest BCUT2D eigenvalue weighted by Gasteiger charge is -2.21. The van der Waals surface area contributed by atoms with Crippen molar-refractivity contribution in [2.45, 2.75) is 35.5 Å². The van der Waals surface area contributed by atoms with E-state index in [4.69, 9.17) is 4.74 Å². The third kappa shape index (κ3) is 6.07. The summed E-state index contributed by atoms with van der Waals surface area (Å²) in [7, 11) is 0.898. The molecule has 0 saturated carbocycles. The van der Waals surface area contributed by atoms with Crippen LogP contribution in [0.15, 0.2) is 52.3 Å². The Morgan fingerprint density at radius 3 is 2.33 bits per heavy atom. The van der Waals surface area contributed by atoms with Crippen LogP contribution in [0.4, 0.5) is 10.5 Å². The minimum absolute atomic E-state index is 0.0232. The fourth-order valence-electron chi connectivity index (χ4n) is 3.48. The van der Waals surface area contributed by atoms with Crippen LogP contribution in [0.25, 0.3) is 0 Å². The molecule has 0 unspecified atom stereocenters. The molecule has 1 fully saturated rings. The van der Waals surface area contributed by atoms with Gasteiger partial charge in [-0.25, -0.2) is 8.42 Å². The number of hydrogen-bond donors (Lipinski definition) is 1. The minimum Gasteiger partial charge on any atom is -0.495 e. The van der Waals surface area contributed by atoms with E-state index in [1.807, 2.05) is 0 Å². The summed E-state index contributed by atoms with van der Waals surface area (Å²) in [6.45, 7) is 0.902. The third-order valence-electron chi connectivity index (χ3n) is 5.31. The minimum atomic E-state index is -3.82. The summed E-state index contributed by atoms with van der Waals surface area (Å²) in [5.41, 5.74) is 0.651. The van der Waals surface area contributed by atoms with E-state index in [1.165, 1.54) is 34.5 Å². The topological polar surface area (TPSA) is 96.0 Å². The van der Waals surface area contributed by atoms with E-state index in [0.717, 1.165) is 37.4 Å². The van der Waals surface area contributed by atoms with Crippen LogP contribution in [-0.2, 0) is 10.0 Å². The van der Waals surface area contributed by atoms with Gasteiger partial charge in [0.05, 0.1) is 12.8 Å². The molecule has 0 aromatic heterocycles. The van der Waals surface area contributed by atoms with E-state index in [2.05, 4.69) is 5.32 Å². The molecule has 1 aliphatic heterocycles. The zero-order valence-corrected chi connectivity index (χ0v) is 20.7. The molecular weight excluding hydrogens is 462 g/mol. The summed E-state index contributed by atoms with van der Waals surface area (Å²) in [4.78, 5) is 27.2. The number of hydrogen-bond acceptors (Lipinski definition) is 6. The largest absolute Gasteiger partial charge is 0.495 e. The van der Waals surface area contributed by atoms with Gasteiger partial charge in [0.2, 0.25) is 10.0 Å². The highest BCUT2D eigenvalue weighted by Crippen LogP contribution is 2.31. The van der Waals surface area contributed by atoms with Crippen molar-refractivity contribution in [1.82, 2.24) is 9.21 Å². The van der Waals surface area contributed by atoms with Crippen LogP contribution in [-0.4, -0.2) is 63.1 Å². The second kappa shape index (κ2) is 11.0. The summed E-state index contributed by atoms with van der Waals surface area (Å²) < 4.78 is 33.5. The Morgan fingerprint density at radius 2 is 1.70 bits per heavy atom. The molecule has 3 rings (SSSR count). The Bertz CT molecular complexity index is 1110. The highest BCUT2D eigenvalue weighted by atomic mass is 32.2. The van der Waals surface area contributed by atoms with Crippen LogP contribution < -0.4 is 10.1 Å². The summed E-state index contributed by atoms with van der Waals surface area (Å²) in [5, 5.41) is 2.62. The molecule has 1 aliphatic rings. The molecule has 1 N–H and O–H groups in total. The van der Waals surface area contributed by atoms with Crippen LogP contribution in [0.1, 0.15) is 36.0 Å². The average Bonchev–Trinajstić information content (AvgIpc) is 3.10. The van der Waals surface area contributed by atoms with Crippen LogP contribution in [0.3, 0.4) is 0 Å². The van der Waals surface area contributed by atoms with Gasteiger partial charge in [-0.1, -0.05) is 25.0 Å². The van der Waals surface area contributed by atoms with Crippen LogP contribution in [0.5, 0.6) is 5.75 Å². The van der Waals surface area contributed by atoms with Crippen molar-refractivity contribution in [3.8, 4) is 5.75 Å². The lowest BCUT2D eigenvalue weighted by atomic mass is 10.2. The molecule has 0 atom stereocenters. The summed E-state index contributed by atoms with van der Waals surface area (Å²) in [6.07, 6.45) is 3.61. The molecular formula is C23H29N3O5S2. The first-order valence-corrected chi connectivity index (χ1v) is 13.0. The van der Waals surface area contributed by atoms with E-state index in [1.54, 1.807) is 38.4 Å². The number of thioether (sulfide) groups is 1. The molecule has 0 spiro atoms. The standard InChI is InChI=1S/C23H29N3O5S2/c1-25(2)23(28)32-20-11-7-6-10-18(20)24-22(27)17-12-13-19(31-3)21(16-17)33(29,30)26-14-8-4-5-9-15-26/h6-7,10-13,16H,4-5,8-9,14-15H2,1-3H3,(H,24,27). The second-order valence-electron chi connectivity index (χ2n) is 7.90. The Kier molecular flexibility index (Phi) is 8.39. The Hall–Kier alpha value is -2.56. The van der Waals surface area contributed by atoms with Crippen LogP contribution >= 0.6 is 11.8 Å². The molecule has 0 radical (unpaired) electrons. The van der Waals surface area contributed by atoms with E-state index < -0.39 is 15.9 Å². The van der Waals surface area contributed by atoms with Crippen molar-refractivity contribution in [1.29, 1.82) is 0 Å². The average molecular weight is 492 g/mol. The number of benzene rings is 2. The van der Waals surface area contributed by atoms with Crippen molar-refractivity contribution in [2.75, 3.05) is 39.6 Å². The van der Waals surface area contributed by atoms with E-state index in [0.29, 0.717) is 23.7 Å². The van der Waals surface area contributed by atoms with Gasteiger partial charge >= 0.3 is 0 Å².